The van der Waals surface area contributed by atoms with E-state index in [0.717, 1.165) is 34.2 Å². The molecule has 162 valence electrons. The maximum absolute atomic E-state index is 13.5. The summed E-state index contributed by atoms with van der Waals surface area (Å²) in [5.41, 5.74) is 5.45. The zero-order chi connectivity index (χ0) is 22.3. The van der Waals surface area contributed by atoms with Crippen LogP contribution in [-0.4, -0.2) is 28.8 Å². The Kier molecular flexibility index (Phi) is 8.64. The quantitative estimate of drug-likeness (QED) is 0.643. The predicted octanol–water partition coefficient (Wildman–Crippen LogP) is 4.88. The van der Waals surface area contributed by atoms with Crippen LogP contribution in [0.1, 0.15) is 61.4 Å². The predicted molar refractivity (Wildman–Crippen MR) is 123 cm³/mol. The molecule has 0 saturated heterocycles. The van der Waals surface area contributed by atoms with E-state index in [1.165, 1.54) is 0 Å². The molecule has 0 unspecified atom stereocenters. The van der Waals surface area contributed by atoms with Gasteiger partial charge in [-0.05, 0) is 62.8 Å². The first-order chi connectivity index (χ1) is 14.3. The molecule has 2 aromatic rings. The topological polar surface area (TPSA) is 49.4 Å². The van der Waals surface area contributed by atoms with Crippen LogP contribution in [0.2, 0.25) is 0 Å². The molecule has 0 heterocycles. The third-order valence-electron chi connectivity index (χ3n) is 5.84. The van der Waals surface area contributed by atoms with Crippen molar-refractivity contribution in [2.45, 2.75) is 79.4 Å². The monoisotopic (exact) mass is 408 g/mol. The number of nitrogens with one attached hydrogen (secondary N) is 1. The van der Waals surface area contributed by atoms with E-state index in [1.54, 1.807) is 4.90 Å². The summed E-state index contributed by atoms with van der Waals surface area (Å²) >= 11 is 0. The fourth-order valence-corrected chi connectivity index (χ4v) is 3.59. The Morgan fingerprint density at radius 3 is 2.23 bits per heavy atom. The minimum Gasteiger partial charge on any atom is -0.352 e. The number of hydrogen-bond acceptors (Lipinski definition) is 2. The lowest BCUT2D eigenvalue weighted by Gasteiger charge is -2.32. The molecule has 0 radical (unpaired) electrons. The second-order valence-corrected chi connectivity index (χ2v) is 8.30. The van der Waals surface area contributed by atoms with E-state index in [4.69, 9.17) is 0 Å². The van der Waals surface area contributed by atoms with Crippen molar-refractivity contribution in [1.29, 1.82) is 0 Å². The maximum Gasteiger partial charge on any atom is 0.243 e. The summed E-state index contributed by atoms with van der Waals surface area (Å²) in [6.45, 7) is 12.5. The van der Waals surface area contributed by atoms with Gasteiger partial charge in [0.2, 0.25) is 11.8 Å². The smallest absolute Gasteiger partial charge is 0.243 e. The van der Waals surface area contributed by atoms with Gasteiger partial charge in [-0.2, -0.15) is 0 Å². The maximum atomic E-state index is 13.5. The van der Waals surface area contributed by atoms with E-state index in [0.29, 0.717) is 19.4 Å². The van der Waals surface area contributed by atoms with E-state index in [2.05, 4.69) is 23.5 Å². The summed E-state index contributed by atoms with van der Waals surface area (Å²) in [7, 11) is 0. The van der Waals surface area contributed by atoms with E-state index in [-0.39, 0.29) is 17.9 Å². The number of amides is 2. The molecule has 0 saturated carbocycles. The molecule has 0 aliphatic carbocycles. The van der Waals surface area contributed by atoms with E-state index in [1.807, 2.05) is 65.8 Å². The highest BCUT2D eigenvalue weighted by Gasteiger charge is 2.29. The number of nitrogens with zero attached hydrogens (tertiary/aromatic N) is 1. The highest BCUT2D eigenvalue weighted by molar-refractivity contribution is 5.88. The van der Waals surface area contributed by atoms with E-state index >= 15 is 0 Å². The molecular weight excluding hydrogens is 372 g/mol. The molecule has 0 spiro atoms. The second-order valence-electron chi connectivity index (χ2n) is 8.30. The van der Waals surface area contributed by atoms with Crippen molar-refractivity contribution < 1.29 is 9.59 Å². The van der Waals surface area contributed by atoms with Gasteiger partial charge in [-0.1, -0.05) is 61.9 Å². The average Bonchev–Trinajstić information content (AvgIpc) is 2.71. The molecule has 2 amide bonds. The summed E-state index contributed by atoms with van der Waals surface area (Å²) in [5, 5.41) is 3.07. The average molecular weight is 409 g/mol. The molecule has 4 heteroatoms. The van der Waals surface area contributed by atoms with E-state index in [9.17, 15) is 9.59 Å². The highest BCUT2D eigenvalue weighted by Crippen LogP contribution is 2.19. The van der Waals surface area contributed by atoms with Crippen molar-refractivity contribution in [3.8, 4) is 0 Å². The lowest BCUT2D eigenvalue weighted by molar-refractivity contribution is -0.141. The first kappa shape index (κ1) is 23.7. The zero-order valence-corrected chi connectivity index (χ0v) is 19.3. The zero-order valence-electron chi connectivity index (χ0n) is 19.3. The van der Waals surface area contributed by atoms with Gasteiger partial charge < -0.3 is 10.2 Å². The molecule has 0 aliphatic heterocycles. The van der Waals surface area contributed by atoms with Crippen molar-refractivity contribution in [1.82, 2.24) is 10.2 Å². The molecule has 2 atom stereocenters. The van der Waals surface area contributed by atoms with Crippen LogP contribution < -0.4 is 5.32 Å². The minimum atomic E-state index is -0.490. The Morgan fingerprint density at radius 2 is 1.60 bits per heavy atom. The fourth-order valence-electron chi connectivity index (χ4n) is 3.59. The SMILES string of the molecule is CC[C@H](C(=O)N[C@@H](C)CC)N(Cc1ccccc1C)C(=O)Cc1cc(C)ccc1C. The standard InChI is InChI=1S/C26H36N2O2/c1-7-21(6)27-26(30)24(8-2)28(17-22-12-10-9-11-19(22)4)25(29)16-23-15-18(3)13-14-20(23)5/h9-15,21,24H,7-8,16-17H2,1-6H3,(H,27,30)/t21-,24+/m0/s1. The van der Waals surface area contributed by atoms with Crippen LogP contribution in [0.15, 0.2) is 42.5 Å². The molecule has 2 aromatic carbocycles. The van der Waals surface area contributed by atoms with Crippen molar-refractivity contribution in [2.75, 3.05) is 0 Å². The molecule has 0 aromatic heterocycles. The van der Waals surface area contributed by atoms with Crippen molar-refractivity contribution in [3.05, 3.63) is 70.3 Å². The van der Waals surface area contributed by atoms with Crippen LogP contribution >= 0.6 is 0 Å². The molecule has 4 nitrogen and oxygen atoms in total. The Bertz CT molecular complexity index is 875. The van der Waals surface area contributed by atoms with Crippen LogP contribution in [0.5, 0.6) is 0 Å². The number of rotatable bonds is 9. The van der Waals surface area contributed by atoms with Crippen LogP contribution in [0.25, 0.3) is 0 Å². The number of carbonyl (C=O) groups excluding carboxylic acids is 2. The lowest BCUT2D eigenvalue weighted by Crippen LogP contribution is -2.51. The van der Waals surface area contributed by atoms with Gasteiger partial charge in [0.1, 0.15) is 6.04 Å². The first-order valence-corrected chi connectivity index (χ1v) is 11.0. The van der Waals surface area contributed by atoms with Gasteiger partial charge in [-0.25, -0.2) is 0 Å². The normalized spacial score (nSPS) is 12.9. The molecule has 0 bridgehead atoms. The third kappa shape index (κ3) is 6.19. The van der Waals surface area contributed by atoms with Crippen LogP contribution in [-0.2, 0) is 22.6 Å². The molecule has 0 fully saturated rings. The minimum absolute atomic E-state index is 0.0156. The molecule has 0 aliphatic rings. The highest BCUT2D eigenvalue weighted by atomic mass is 16.2. The summed E-state index contributed by atoms with van der Waals surface area (Å²) in [4.78, 5) is 28.3. The van der Waals surface area contributed by atoms with Crippen molar-refractivity contribution in [3.63, 3.8) is 0 Å². The largest absolute Gasteiger partial charge is 0.352 e. The third-order valence-corrected chi connectivity index (χ3v) is 5.84. The summed E-state index contributed by atoms with van der Waals surface area (Å²) < 4.78 is 0. The number of aryl methyl sites for hydroxylation is 3. The first-order valence-electron chi connectivity index (χ1n) is 11.0. The Morgan fingerprint density at radius 1 is 0.933 bits per heavy atom. The van der Waals surface area contributed by atoms with E-state index < -0.39 is 6.04 Å². The van der Waals surface area contributed by atoms with Gasteiger partial charge in [0, 0.05) is 12.6 Å². The number of benzene rings is 2. The van der Waals surface area contributed by atoms with Gasteiger partial charge >= 0.3 is 0 Å². The Balaban J connectivity index is 2.35. The summed E-state index contributed by atoms with van der Waals surface area (Å²) in [5.74, 6) is -0.0900. The van der Waals surface area contributed by atoms with Crippen LogP contribution in [0.4, 0.5) is 0 Å². The van der Waals surface area contributed by atoms with Gasteiger partial charge in [-0.3, -0.25) is 9.59 Å². The van der Waals surface area contributed by atoms with Crippen LogP contribution in [0.3, 0.4) is 0 Å². The van der Waals surface area contributed by atoms with Crippen molar-refractivity contribution >= 4 is 11.8 Å². The second kappa shape index (κ2) is 11.0. The Labute approximate surface area is 181 Å². The number of carbonyl (C=O) groups is 2. The lowest BCUT2D eigenvalue weighted by atomic mass is 10.0. The van der Waals surface area contributed by atoms with Gasteiger partial charge in [0.15, 0.2) is 0 Å². The molecule has 2 rings (SSSR count). The molecular formula is C26H36N2O2. The van der Waals surface area contributed by atoms with Crippen molar-refractivity contribution in [2.24, 2.45) is 0 Å². The Hall–Kier alpha value is -2.62. The fraction of sp³-hybridized carbons (Fsp3) is 0.462. The van der Waals surface area contributed by atoms with Crippen LogP contribution in [0, 0.1) is 20.8 Å². The van der Waals surface area contributed by atoms with Gasteiger partial charge in [0.05, 0.1) is 6.42 Å². The molecule has 1 N–H and O–H groups in total. The summed E-state index contributed by atoms with van der Waals surface area (Å²) in [6, 6.07) is 13.8. The van der Waals surface area contributed by atoms with Gasteiger partial charge in [0.25, 0.3) is 0 Å². The summed E-state index contributed by atoms with van der Waals surface area (Å²) in [6.07, 6.45) is 1.73. The number of hydrogen-bond donors (Lipinski definition) is 1. The molecule has 30 heavy (non-hydrogen) atoms. The van der Waals surface area contributed by atoms with Gasteiger partial charge in [-0.15, -0.1) is 0 Å².